The number of carbonyl (C=O) groups is 1. The van der Waals surface area contributed by atoms with Crippen LogP contribution in [0.25, 0.3) is 10.8 Å². The van der Waals surface area contributed by atoms with Crippen molar-refractivity contribution < 1.29 is 4.79 Å². The van der Waals surface area contributed by atoms with Gasteiger partial charge < -0.3 is 4.90 Å². The Bertz CT molecular complexity index is 743. The molecule has 1 aliphatic rings. The lowest BCUT2D eigenvalue weighted by atomic mass is 9.97. The van der Waals surface area contributed by atoms with Crippen LogP contribution in [0.4, 0.5) is 0 Å². The highest BCUT2D eigenvalue weighted by Crippen LogP contribution is 2.22. The minimum absolute atomic E-state index is 0.0122. The molecule has 0 radical (unpaired) electrons. The quantitative estimate of drug-likeness (QED) is 0.854. The van der Waals surface area contributed by atoms with Crippen molar-refractivity contribution in [3.8, 4) is 0 Å². The topological polar surface area (TPSA) is 55.2 Å². The van der Waals surface area contributed by atoms with E-state index in [0.717, 1.165) is 24.6 Å². The lowest BCUT2D eigenvalue weighted by Gasteiger charge is -2.39. The van der Waals surface area contributed by atoms with Gasteiger partial charge in [-0.25, -0.2) is 4.68 Å². The number of piperidine rings is 1. The molecule has 0 bridgehead atoms. The van der Waals surface area contributed by atoms with Gasteiger partial charge in [-0.1, -0.05) is 18.2 Å². The van der Waals surface area contributed by atoms with Gasteiger partial charge >= 0.3 is 0 Å². The maximum atomic E-state index is 12.6. The Balaban J connectivity index is 1.88. The summed E-state index contributed by atoms with van der Waals surface area (Å²) < 4.78 is 1.28. The molecule has 1 amide bonds. The van der Waals surface area contributed by atoms with Crippen molar-refractivity contribution in [1.29, 1.82) is 0 Å². The molecular weight excluding hydrogens is 278 g/mol. The summed E-state index contributed by atoms with van der Waals surface area (Å²) in [4.78, 5) is 27.0. The first-order chi connectivity index (χ1) is 10.6. The predicted octanol–water partition coefficient (Wildman–Crippen LogP) is 2.19. The first-order valence-corrected chi connectivity index (χ1v) is 7.84. The molecule has 2 aromatic rings. The number of carbonyl (C=O) groups excluding carboxylic acids is 1. The van der Waals surface area contributed by atoms with Crippen LogP contribution >= 0.6 is 0 Å². The Kier molecular flexibility index (Phi) is 3.96. The molecule has 0 spiro atoms. The van der Waals surface area contributed by atoms with E-state index in [9.17, 15) is 9.59 Å². The molecule has 1 saturated heterocycles. The standard InChI is InChI=1S/C17H21N3O2/c1-12-6-5-7-13(2)20(12)16(21)11-19-17(22)15-9-4-3-8-14(15)10-18-19/h3-4,8-10,12-13H,5-7,11H2,1-2H3/t12-,13-/m1/s1. The van der Waals surface area contributed by atoms with Crippen LogP contribution in [0.5, 0.6) is 0 Å². The van der Waals surface area contributed by atoms with E-state index in [1.807, 2.05) is 23.1 Å². The maximum Gasteiger partial charge on any atom is 0.275 e. The number of aromatic nitrogens is 2. The summed E-state index contributed by atoms with van der Waals surface area (Å²) in [6, 6.07) is 7.78. The largest absolute Gasteiger partial charge is 0.336 e. The van der Waals surface area contributed by atoms with Crippen molar-refractivity contribution in [1.82, 2.24) is 14.7 Å². The third kappa shape index (κ3) is 2.63. The molecule has 3 rings (SSSR count). The van der Waals surface area contributed by atoms with Gasteiger partial charge in [0.15, 0.2) is 0 Å². The van der Waals surface area contributed by atoms with Crippen LogP contribution in [0.2, 0.25) is 0 Å². The minimum Gasteiger partial charge on any atom is -0.336 e. The Labute approximate surface area is 129 Å². The molecule has 0 aliphatic carbocycles. The number of likely N-dealkylation sites (tertiary alicyclic amines) is 1. The SMILES string of the molecule is C[C@@H]1CCC[C@@H](C)N1C(=O)Cn1ncc2ccccc2c1=O. The number of amides is 1. The van der Waals surface area contributed by atoms with E-state index in [0.29, 0.717) is 5.39 Å². The van der Waals surface area contributed by atoms with Gasteiger partial charge in [0.1, 0.15) is 6.54 Å². The average Bonchev–Trinajstić information content (AvgIpc) is 2.50. The first kappa shape index (κ1) is 14.8. The highest BCUT2D eigenvalue weighted by Gasteiger charge is 2.29. The second kappa shape index (κ2) is 5.91. The van der Waals surface area contributed by atoms with Crippen LogP contribution in [0.1, 0.15) is 33.1 Å². The summed E-state index contributed by atoms with van der Waals surface area (Å²) >= 11 is 0. The number of rotatable bonds is 2. The van der Waals surface area contributed by atoms with Crippen molar-refractivity contribution in [3.63, 3.8) is 0 Å². The Morgan fingerprint density at radius 1 is 1.23 bits per heavy atom. The lowest BCUT2D eigenvalue weighted by Crippen LogP contribution is -2.49. The average molecular weight is 299 g/mol. The molecule has 0 unspecified atom stereocenters. The second-order valence-corrected chi connectivity index (χ2v) is 6.12. The number of nitrogens with zero attached hydrogens (tertiary/aromatic N) is 3. The number of benzene rings is 1. The fourth-order valence-electron chi connectivity index (χ4n) is 3.36. The zero-order valence-electron chi connectivity index (χ0n) is 13.0. The third-order valence-corrected chi connectivity index (χ3v) is 4.53. The zero-order valence-corrected chi connectivity index (χ0v) is 13.0. The summed E-state index contributed by atoms with van der Waals surface area (Å²) in [5.74, 6) is -0.0235. The van der Waals surface area contributed by atoms with Gasteiger partial charge in [0.25, 0.3) is 5.56 Å². The van der Waals surface area contributed by atoms with E-state index in [1.165, 1.54) is 4.68 Å². The van der Waals surface area contributed by atoms with Crippen LogP contribution in [0.3, 0.4) is 0 Å². The molecule has 0 N–H and O–H groups in total. The third-order valence-electron chi connectivity index (χ3n) is 4.53. The van der Waals surface area contributed by atoms with Crippen LogP contribution < -0.4 is 5.56 Å². The summed E-state index contributed by atoms with van der Waals surface area (Å²) in [5.41, 5.74) is -0.205. The molecule has 2 atom stereocenters. The Morgan fingerprint density at radius 2 is 1.91 bits per heavy atom. The normalized spacial score (nSPS) is 22.0. The van der Waals surface area contributed by atoms with Gasteiger partial charge in [-0.2, -0.15) is 5.10 Å². The molecule has 0 saturated carbocycles. The monoisotopic (exact) mass is 299 g/mol. The van der Waals surface area contributed by atoms with Crippen molar-refractivity contribution in [2.24, 2.45) is 0 Å². The maximum absolute atomic E-state index is 12.6. The molecule has 22 heavy (non-hydrogen) atoms. The molecule has 5 heteroatoms. The van der Waals surface area contributed by atoms with Gasteiger partial charge in [-0.3, -0.25) is 9.59 Å². The number of fused-ring (bicyclic) bond motifs is 1. The molecule has 2 heterocycles. The van der Waals surface area contributed by atoms with Crippen molar-refractivity contribution in [3.05, 3.63) is 40.8 Å². The van der Waals surface area contributed by atoms with E-state index in [-0.39, 0.29) is 30.1 Å². The van der Waals surface area contributed by atoms with Crippen LogP contribution in [-0.2, 0) is 11.3 Å². The van der Waals surface area contributed by atoms with Gasteiger partial charge in [-0.05, 0) is 39.2 Å². The van der Waals surface area contributed by atoms with E-state index < -0.39 is 0 Å². The fraction of sp³-hybridized carbons (Fsp3) is 0.471. The van der Waals surface area contributed by atoms with Gasteiger partial charge in [0, 0.05) is 17.5 Å². The molecule has 1 fully saturated rings. The molecular formula is C17H21N3O2. The van der Waals surface area contributed by atoms with Gasteiger partial charge in [0.2, 0.25) is 5.91 Å². The van der Waals surface area contributed by atoms with Crippen molar-refractivity contribution >= 4 is 16.7 Å². The Hall–Kier alpha value is -2.17. The fourth-order valence-corrected chi connectivity index (χ4v) is 3.36. The van der Waals surface area contributed by atoms with Gasteiger partial charge in [-0.15, -0.1) is 0 Å². The highest BCUT2D eigenvalue weighted by molar-refractivity contribution is 5.81. The van der Waals surface area contributed by atoms with Crippen LogP contribution in [-0.4, -0.2) is 32.7 Å². The van der Waals surface area contributed by atoms with Crippen LogP contribution in [0, 0.1) is 0 Å². The van der Waals surface area contributed by atoms with E-state index in [1.54, 1.807) is 12.3 Å². The van der Waals surface area contributed by atoms with E-state index >= 15 is 0 Å². The molecule has 1 aromatic heterocycles. The minimum atomic E-state index is -0.205. The highest BCUT2D eigenvalue weighted by atomic mass is 16.2. The predicted molar refractivity (Wildman–Crippen MR) is 85.6 cm³/mol. The summed E-state index contributed by atoms with van der Waals surface area (Å²) in [5, 5.41) is 5.55. The van der Waals surface area contributed by atoms with E-state index in [4.69, 9.17) is 0 Å². The summed E-state index contributed by atoms with van der Waals surface area (Å²) in [6.45, 7) is 4.16. The first-order valence-electron chi connectivity index (χ1n) is 7.84. The Morgan fingerprint density at radius 3 is 2.64 bits per heavy atom. The summed E-state index contributed by atoms with van der Waals surface area (Å²) in [7, 11) is 0. The molecule has 1 aliphatic heterocycles. The smallest absolute Gasteiger partial charge is 0.275 e. The number of hydrogen-bond donors (Lipinski definition) is 0. The second-order valence-electron chi connectivity index (χ2n) is 6.12. The number of hydrogen-bond acceptors (Lipinski definition) is 3. The molecule has 116 valence electrons. The van der Waals surface area contributed by atoms with E-state index in [2.05, 4.69) is 18.9 Å². The van der Waals surface area contributed by atoms with Crippen LogP contribution in [0.15, 0.2) is 35.3 Å². The molecule has 1 aromatic carbocycles. The lowest BCUT2D eigenvalue weighted by molar-refractivity contribution is -0.138. The van der Waals surface area contributed by atoms with Gasteiger partial charge in [0.05, 0.1) is 11.6 Å². The summed E-state index contributed by atoms with van der Waals surface area (Å²) in [6.07, 6.45) is 4.85. The zero-order chi connectivity index (χ0) is 15.7. The van der Waals surface area contributed by atoms with Crippen molar-refractivity contribution in [2.75, 3.05) is 0 Å². The van der Waals surface area contributed by atoms with Crippen molar-refractivity contribution in [2.45, 2.75) is 51.7 Å². The molecule has 5 nitrogen and oxygen atoms in total.